The highest BCUT2D eigenvalue weighted by Crippen LogP contribution is 2.31. The number of pyridine rings is 1. The fourth-order valence-corrected chi connectivity index (χ4v) is 5.69. The Morgan fingerprint density at radius 1 is 1.00 bits per heavy atom. The standard InChI is InChI=1S/C26H33N5O3/c32-22-9-10-29(17-22)14-19-6-8-25(27-13-19)33-18-20-5-7-21-16-31(12-11-30(21)15-20)26-23-3-1-2-4-24(23)34-28-26/h1-4,6,8,13,20-22,32H,5,7,9-12,14-18H2/t20?,21?,22-/m0/s1. The Morgan fingerprint density at radius 2 is 1.94 bits per heavy atom. The molecule has 3 aromatic rings. The summed E-state index contributed by atoms with van der Waals surface area (Å²) >= 11 is 0. The molecule has 0 radical (unpaired) electrons. The molecular formula is C26H33N5O3. The summed E-state index contributed by atoms with van der Waals surface area (Å²) in [5, 5.41) is 15.2. The Morgan fingerprint density at radius 3 is 2.79 bits per heavy atom. The van der Waals surface area contributed by atoms with E-state index in [-0.39, 0.29) is 6.10 Å². The molecule has 6 rings (SSSR count). The molecule has 3 aliphatic rings. The van der Waals surface area contributed by atoms with Gasteiger partial charge >= 0.3 is 0 Å². The molecule has 8 heteroatoms. The normalized spacial score (nSPS) is 26.1. The molecule has 3 atom stereocenters. The minimum atomic E-state index is -0.184. The van der Waals surface area contributed by atoms with Crippen LogP contribution in [0.4, 0.5) is 5.82 Å². The van der Waals surface area contributed by atoms with Crippen LogP contribution < -0.4 is 9.64 Å². The number of ether oxygens (including phenoxy) is 1. The lowest BCUT2D eigenvalue weighted by Crippen LogP contribution is -2.57. The van der Waals surface area contributed by atoms with Gasteiger partial charge in [-0.25, -0.2) is 4.98 Å². The third kappa shape index (κ3) is 4.62. The lowest BCUT2D eigenvalue weighted by atomic mass is 9.91. The number of rotatable bonds is 6. The maximum Gasteiger partial charge on any atom is 0.213 e. The number of likely N-dealkylation sites (tertiary alicyclic amines) is 1. The van der Waals surface area contributed by atoms with E-state index < -0.39 is 0 Å². The van der Waals surface area contributed by atoms with E-state index in [4.69, 9.17) is 9.26 Å². The first-order valence-corrected chi connectivity index (χ1v) is 12.5. The molecule has 0 amide bonds. The van der Waals surface area contributed by atoms with Gasteiger partial charge in [0.25, 0.3) is 0 Å². The largest absolute Gasteiger partial charge is 0.477 e. The van der Waals surface area contributed by atoms with Crippen LogP contribution in [0.25, 0.3) is 11.0 Å². The van der Waals surface area contributed by atoms with Crippen molar-refractivity contribution in [2.45, 2.75) is 38.0 Å². The van der Waals surface area contributed by atoms with Crippen LogP contribution >= 0.6 is 0 Å². The van der Waals surface area contributed by atoms with E-state index in [9.17, 15) is 5.11 Å². The number of anilines is 1. The molecule has 0 saturated carbocycles. The Labute approximate surface area is 200 Å². The zero-order chi connectivity index (χ0) is 22.9. The summed E-state index contributed by atoms with van der Waals surface area (Å²) in [4.78, 5) is 11.8. The number of benzene rings is 1. The zero-order valence-corrected chi connectivity index (χ0v) is 19.6. The first-order valence-electron chi connectivity index (χ1n) is 12.5. The number of β-amino-alcohol motifs (C(OH)–C–C–N with tert-alkyl or cyclic N) is 1. The molecule has 3 aliphatic heterocycles. The summed E-state index contributed by atoms with van der Waals surface area (Å²) in [7, 11) is 0. The number of aliphatic hydroxyl groups excluding tert-OH is 1. The maximum absolute atomic E-state index is 9.69. The molecule has 2 unspecified atom stereocenters. The van der Waals surface area contributed by atoms with Crippen molar-refractivity contribution in [3.63, 3.8) is 0 Å². The van der Waals surface area contributed by atoms with Crippen LogP contribution in [-0.4, -0.2) is 83.1 Å². The number of piperidine rings is 1. The molecule has 180 valence electrons. The van der Waals surface area contributed by atoms with Crippen LogP contribution in [0.1, 0.15) is 24.8 Å². The maximum atomic E-state index is 9.69. The molecule has 0 bridgehead atoms. The summed E-state index contributed by atoms with van der Waals surface area (Å²) in [6.07, 6.45) is 4.93. The molecule has 2 aromatic heterocycles. The number of fused-ring (bicyclic) bond motifs is 2. The number of nitrogens with zero attached hydrogens (tertiary/aromatic N) is 5. The van der Waals surface area contributed by atoms with Gasteiger partial charge in [-0.2, -0.15) is 0 Å². The molecule has 1 aromatic carbocycles. The summed E-state index contributed by atoms with van der Waals surface area (Å²) in [6, 6.07) is 12.7. The molecular weight excluding hydrogens is 430 g/mol. The Balaban J connectivity index is 0.988. The summed E-state index contributed by atoms with van der Waals surface area (Å²) < 4.78 is 11.6. The highest BCUT2D eigenvalue weighted by molar-refractivity contribution is 5.88. The minimum absolute atomic E-state index is 0.184. The fourth-order valence-electron chi connectivity index (χ4n) is 5.69. The van der Waals surface area contributed by atoms with Gasteiger partial charge in [0.1, 0.15) is 0 Å². The SMILES string of the molecule is O[C@H]1CCN(Cc2ccc(OCC3CCC4CN(c5noc6ccccc56)CCN4C3)nc2)C1. The molecule has 1 N–H and O–H groups in total. The van der Waals surface area contributed by atoms with Crippen LogP contribution in [0.2, 0.25) is 0 Å². The third-order valence-electron chi connectivity index (χ3n) is 7.58. The van der Waals surface area contributed by atoms with Gasteiger partial charge in [0.2, 0.25) is 5.88 Å². The van der Waals surface area contributed by atoms with Crippen LogP contribution in [0.5, 0.6) is 5.88 Å². The van der Waals surface area contributed by atoms with E-state index in [1.165, 1.54) is 18.4 Å². The van der Waals surface area contributed by atoms with Crippen molar-refractivity contribution >= 4 is 16.8 Å². The molecule has 34 heavy (non-hydrogen) atoms. The fraction of sp³-hybridized carbons (Fsp3) is 0.538. The highest BCUT2D eigenvalue weighted by atomic mass is 16.5. The van der Waals surface area contributed by atoms with Crippen LogP contribution in [-0.2, 0) is 6.54 Å². The van der Waals surface area contributed by atoms with Gasteiger partial charge in [-0.3, -0.25) is 9.80 Å². The predicted molar refractivity (Wildman–Crippen MR) is 130 cm³/mol. The van der Waals surface area contributed by atoms with E-state index in [0.29, 0.717) is 24.4 Å². The minimum Gasteiger partial charge on any atom is -0.477 e. The van der Waals surface area contributed by atoms with Gasteiger partial charge in [-0.15, -0.1) is 0 Å². The van der Waals surface area contributed by atoms with Gasteiger partial charge in [0, 0.05) is 70.0 Å². The smallest absolute Gasteiger partial charge is 0.213 e. The molecule has 3 saturated heterocycles. The third-order valence-corrected chi connectivity index (χ3v) is 7.58. The van der Waals surface area contributed by atoms with Gasteiger partial charge in [-0.1, -0.05) is 23.4 Å². The molecule has 0 spiro atoms. The van der Waals surface area contributed by atoms with Crippen molar-refractivity contribution in [1.82, 2.24) is 19.9 Å². The van der Waals surface area contributed by atoms with Gasteiger partial charge in [0.05, 0.1) is 18.1 Å². The van der Waals surface area contributed by atoms with E-state index >= 15 is 0 Å². The Kier molecular flexibility index (Phi) is 6.11. The van der Waals surface area contributed by atoms with Gasteiger partial charge < -0.3 is 19.3 Å². The van der Waals surface area contributed by atoms with E-state index in [1.54, 1.807) is 0 Å². The molecule has 5 heterocycles. The molecule has 0 aliphatic carbocycles. The predicted octanol–water partition coefficient (Wildman–Crippen LogP) is 2.77. The number of hydrogen-bond donors (Lipinski definition) is 1. The van der Waals surface area contributed by atoms with Crippen molar-refractivity contribution in [1.29, 1.82) is 0 Å². The number of para-hydroxylation sites is 1. The average Bonchev–Trinajstić information content (AvgIpc) is 3.49. The number of hydrogen-bond acceptors (Lipinski definition) is 8. The topological polar surface area (TPSA) is 78.1 Å². The lowest BCUT2D eigenvalue weighted by molar-refractivity contribution is 0.0716. The summed E-state index contributed by atoms with van der Waals surface area (Å²) in [5.41, 5.74) is 2.02. The average molecular weight is 464 g/mol. The van der Waals surface area contributed by atoms with E-state index in [2.05, 4.69) is 37.0 Å². The van der Waals surface area contributed by atoms with Gasteiger partial charge in [-0.05, 0) is 37.0 Å². The number of aromatic nitrogens is 2. The monoisotopic (exact) mass is 463 g/mol. The highest BCUT2D eigenvalue weighted by Gasteiger charge is 2.34. The van der Waals surface area contributed by atoms with Crippen molar-refractivity contribution in [2.24, 2.45) is 5.92 Å². The second-order valence-electron chi connectivity index (χ2n) is 10.0. The van der Waals surface area contributed by atoms with Crippen molar-refractivity contribution in [3.8, 4) is 5.88 Å². The quantitative estimate of drug-likeness (QED) is 0.598. The van der Waals surface area contributed by atoms with Gasteiger partial charge in [0.15, 0.2) is 11.4 Å². The van der Waals surface area contributed by atoms with Crippen LogP contribution in [0, 0.1) is 5.92 Å². The number of aliphatic hydroxyl groups is 1. The second kappa shape index (κ2) is 9.52. The first kappa shape index (κ1) is 21.8. The van der Waals surface area contributed by atoms with Crippen LogP contribution in [0.3, 0.4) is 0 Å². The first-order chi connectivity index (χ1) is 16.7. The van der Waals surface area contributed by atoms with E-state index in [0.717, 1.165) is 69.0 Å². The molecule has 8 nitrogen and oxygen atoms in total. The van der Waals surface area contributed by atoms with Crippen molar-refractivity contribution in [2.75, 3.05) is 50.8 Å². The van der Waals surface area contributed by atoms with Crippen LogP contribution in [0.15, 0.2) is 47.1 Å². The zero-order valence-electron chi connectivity index (χ0n) is 19.6. The van der Waals surface area contributed by atoms with Crippen molar-refractivity contribution in [3.05, 3.63) is 48.2 Å². The number of piperazine rings is 1. The Bertz CT molecular complexity index is 1100. The summed E-state index contributed by atoms with van der Waals surface area (Å²) in [5.74, 6) is 2.22. The lowest BCUT2D eigenvalue weighted by Gasteiger charge is -2.46. The second-order valence-corrected chi connectivity index (χ2v) is 10.0. The van der Waals surface area contributed by atoms with Crippen molar-refractivity contribution < 1.29 is 14.4 Å². The van der Waals surface area contributed by atoms with E-state index in [1.807, 2.05) is 30.5 Å². The summed E-state index contributed by atoms with van der Waals surface area (Å²) in [6.45, 7) is 7.35. The Hall–Kier alpha value is -2.68. The molecule has 3 fully saturated rings.